The third kappa shape index (κ3) is 4.92. The number of ether oxygens (including phenoxy) is 2. The molecular formula is C11H11Cl2F3O2. The van der Waals surface area contributed by atoms with Gasteiger partial charge in [-0.3, -0.25) is 0 Å². The first-order valence-electron chi connectivity index (χ1n) is 4.95. The Morgan fingerprint density at radius 2 is 2.00 bits per heavy atom. The van der Waals surface area contributed by atoms with Crippen LogP contribution in [0.2, 0.25) is 5.02 Å². The molecule has 0 saturated carbocycles. The number of halogens is 5. The summed E-state index contributed by atoms with van der Waals surface area (Å²) in [7, 11) is 1.44. The van der Waals surface area contributed by atoms with E-state index in [0.717, 1.165) is 0 Å². The Balaban J connectivity index is 2.66. The highest BCUT2D eigenvalue weighted by Gasteiger charge is 2.28. The van der Waals surface area contributed by atoms with E-state index in [1.165, 1.54) is 13.2 Å². The number of rotatable bonds is 5. The van der Waals surface area contributed by atoms with Crippen molar-refractivity contribution in [3.05, 3.63) is 28.8 Å². The lowest BCUT2D eigenvalue weighted by atomic mass is 10.1. The number of hydrogen-bond acceptors (Lipinski definition) is 2. The van der Waals surface area contributed by atoms with Crippen LogP contribution in [0, 0.1) is 0 Å². The molecule has 0 radical (unpaired) electrons. The summed E-state index contributed by atoms with van der Waals surface area (Å²) in [5.74, 6) is 0.454. The second kappa shape index (κ2) is 6.50. The quantitative estimate of drug-likeness (QED) is 0.759. The number of methoxy groups -OCH3 is 1. The Bertz CT molecular complexity index is 396. The van der Waals surface area contributed by atoms with E-state index in [-0.39, 0.29) is 6.61 Å². The smallest absolute Gasteiger partial charge is 0.411 e. The van der Waals surface area contributed by atoms with Crippen molar-refractivity contribution in [2.45, 2.75) is 11.6 Å². The number of hydrogen-bond donors (Lipinski definition) is 0. The average molecular weight is 303 g/mol. The Labute approximate surface area is 113 Å². The monoisotopic (exact) mass is 302 g/mol. The van der Waals surface area contributed by atoms with Crippen molar-refractivity contribution in [1.82, 2.24) is 0 Å². The summed E-state index contributed by atoms with van der Waals surface area (Å²) in [5.41, 5.74) is 0.494. The van der Waals surface area contributed by atoms with Gasteiger partial charge in [0, 0.05) is 10.6 Å². The molecule has 0 saturated heterocycles. The van der Waals surface area contributed by atoms with Gasteiger partial charge in [0.15, 0.2) is 0 Å². The van der Waals surface area contributed by atoms with E-state index in [1.807, 2.05) is 0 Å². The minimum atomic E-state index is -4.37. The third-order valence-corrected chi connectivity index (χ3v) is 2.66. The van der Waals surface area contributed by atoms with E-state index < -0.39 is 18.2 Å². The zero-order valence-electron chi connectivity index (χ0n) is 9.43. The number of alkyl halides is 4. The van der Waals surface area contributed by atoms with Gasteiger partial charge in [0.1, 0.15) is 12.4 Å². The van der Waals surface area contributed by atoms with Gasteiger partial charge in [0.05, 0.1) is 19.1 Å². The molecule has 102 valence electrons. The first kappa shape index (κ1) is 15.4. The van der Waals surface area contributed by atoms with Crippen molar-refractivity contribution in [3.8, 4) is 5.75 Å². The van der Waals surface area contributed by atoms with Gasteiger partial charge in [-0.05, 0) is 18.2 Å². The van der Waals surface area contributed by atoms with Gasteiger partial charge in [0.2, 0.25) is 0 Å². The summed E-state index contributed by atoms with van der Waals surface area (Å²) in [4.78, 5) is 0. The van der Waals surface area contributed by atoms with Gasteiger partial charge in [0.25, 0.3) is 0 Å². The third-order valence-electron chi connectivity index (χ3n) is 2.06. The molecule has 1 unspecified atom stereocenters. The lowest BCUT2D eigenvalue weighted by Crippen LogP contribution is -2.18. The Morgan fingerprint density at radius 1 is 1.33 bits per heavy atom. The van der Waals surface area contributed by atoms with Crippen LogP contribution in [0.25, 0.3) is 0 Å². The summed E-state index contributed by atoms with van der Waals surface area (Å²) in [5, 5.41) is -0.340. The van der Waals surface area contributed by atoms with E-state index in [4.69, 9.17) is 27.9 Å². The topological polar surface area (TPSA) is 18.5 Å². The average Bonchev–Trinajstić information content (AvgIpc) is 2.27. The zero-order chi connectivity index (χ0) is 13.8. The Morgan fingerprint density at radius 3 is 2.56 bits per heavy atom. The van der Waals surface area contributed by atoms with E-state index in [1.54, 1.807) is 12.1 Å². The normalized spacial score (nSPS) is 13.4. The molecule has 18 heavy (non-hydrogen) atoms. The van der Waals surface area contributed by atoms with Crippen LogP contribution in [-0.2, 0) is 4.74 Å². The maximum Gasteiger partial charge on any atom is 0.411 e. The summed E-state index contributed by atoms with van der Waals surface area (Å²) in [6.07, 6.45) is -4.37. The van der Waals surface area contributed by atoms with Crippen LogP contribution in [0.1, 0.15) is 10.9 Å². The minimum Gasteiger partial charge on any atom is -0.496 e. The molecule has 2 nitrogen and oxygen atoms in total. The molecule has 0 bridgehead atoms. The fourth-order valence-electron chi connectivity index (χ4n) is 1.32. The number of benzene rings is 1. The van der Waals surface area contributed by atoms with Crippen LogP contribution >= 0.6 is 23.2 Å². The van der Waals surface area contributed by atoms with Gasteiger partial charge < -0.3 is 9.47 Å². The minimum absolute atomic E-state index is 0.280. The van der Waals surface area contributed by atoms with Crippen molar-refractivity contribution >= 4 is 23.2 Å². The fourth-order valence-corrected chi connectivity index (χ4v) is 1.76. The molecule has 1 aromatic rings. The molecule has 0 amide bonds. The Hall–Kier alpha value is -0.650. The molecule has 7 heteroatoms. The maximum atomic E-state index is 11.9. The molecule has 0 fully saturated rings. The predicted molar refractivity (Wildman–Crippen MR) is 63.5 cm³/mol. The van der Waals surface area contributed by atoms with Crippen LogP contribution in [-0.4, -0.2) is 26.5 Å². The zero-order valence-corrected chi connectivity index (χ0v) is 10.9. The van der Waals surface area contributed by atoms with E-state index in [2.05, 4.69) is 4.74 Å². The van der Waals surface area contributed by atoms with Crippen LogP contribution in [0.15, 0.2) is 18.2 Å². The van der Waals surface area contributed by atoms with Crippen molar-refractivity contribution < 1.29 is 22.6 Å². The molecule has 1 rings (SSSR count). The second-order valence-electron chi connectivity index (χ2n) is 3.48. The van der Waals surface area contributed by atoms with Crippen LogP contribution in [0.5, 0.6) is 5.75 Å². The lowest BCUT2D eigenvalue weighted by molar-refractivity contribution is -0.173. The molecule has 0 aliphatic rings. The molecule has 0 aromatic heterocycles. The lowest BCUT2D eigenvalue weighted by Gasteiger charge is -2.15. The summed E-state index contributed by atoms with van der Waals surface area (Å²) in [6.45, 7) is -1.61. The van der Waals surface area contributed by atoms with E-state index >= 15 is 0 Å². The van der Waals surface area contributed by atoms with Crippen molar-refractivity contribution in [1.29, 1.82) is 0 Å². The van der Waals surface area contributed by atoms with Gasteiger partial charge in [-0.2, -0.15) is 13.2 Å². The first-order valence-corrected chi connectivity index (χ1v) is 5.77. The van der Waals surface area contributed by atoms with Gasteiger partial charge in [-0.15, -0.1) is 11.6 Å². The van der Waals surface area contributed by atoms with Crippen molar-refractivity contribution in [2.24, 2.45) is 0 Å². The summed E-state index contributed by atoms with van der Waals surface area (Å²) >= 11 is 11.7. The molecule has 1 aromatic carbocycles. The Kier molecular flexibility index (Phi) is 5.56. The molecule has 0 heterocycles. The van der Waals surface area contributed by atoms with Crippen molar-refractivity contribution in [3.63, 3.8) is 0 Å². The highest BCUT2D eigenvalue weighted by molar-refractivity contribution is 6.31. The van der Waals surface area contributed by atoms with Gasteiger partial charge in [-0.1, -0.05) is 11.6 Å². The first-order chi connectivity index (χ1) is 8.33. The largest absolute Gasteiger partial charge is 0.496 e. The SMILES string of the molecule is COc1ccc(Cl)cc1C(Cl)COCC(F)(F)F. The second-order valence-corrected chi connectivity index (χ2v) is 4.45. The van der Waals surface area contributed by atoms with Crippen LogP contribution in [0.3, 0.4) is 0 Å². The predicted octanol–water partition coefficient (Wildman–Crippen LogP) is 4.21. The molecule has 1 atom stereocenters. The molecular weight excluding hydrogens is 292 g/mol. The van der Waals surface area contributed by atoms with E-state index in [0.29, 0.717) is 16.3 Å². The molecule has 0 aliphatic carbocycles. The highest BCUT2D eigenvalue weighted by Crippen LogP contribution is 2.32. The fraction of sp³-hybridized carbons (Fsp3) is 0.455. The van der Waals surface area contributed by atoms with Gasteiger partial charge >= 0.3 is 6.18 Å². The highest BCUT2D eigenvalue weighted by atomic mass is 35.5. The molecule has 0 spiro atoms. The van der Waals surface area contributed by atoms with Crippen LogP contribution < -0.4 is 4.74 Å². The summed E-state index contributed by atoms with van der Waals surface area (Å²) in [6, 6.07) is 4.73. The van der Waals surface area contributed by atoms with Crippen molar-refractivity contribution in [2.75, 3.05) is 20.3 Å². The van der Waals surface area contributed by atoms with Crippen LogP contribution in [0.4, 0.5) is 13.2 Å². The maximum absolute atomic E-state index is 11.9. The standard InChI is InChI=1S/C11H11Cl2F3O2/c1-17-10-3-2-7(12)4-8(10)9(13)5-18-6-11(14,15)16/h2-4,9H,5-6H2,1H3. The van der Waals surface area contributed by atoms with Gasteiger partial charge in [-0.25, -0.2) is 0 Å². The molecule has 0 N–H and O–H groups in total. The van der Waals surface area contributed by atoms with E-state index in [9.17, 15) is 13.2 Å². The molecule has 0 aliphatic heterocycles. The summed E-state index contributed by atoms with van der Waals surface area (Å²) < 4.78 is 45.3.